The van der Waals surface area contributed by atoms with Gasteiger partial charge in [0.2, 0.25) is 5.91 Å². The van der Waals surface area contributed by atoms with E-state index in [1.807, 2.05) is 42.5 Å². The first-order valence-electron chi connectivity index (χ1n) is 8.35. The van der Waals surface area contributed by atoms with Gasteiger partial charge < -0.3 is 10.1 Å². The Morgan fingerprint density at radius 1 is 1.04 bits per heavy atom. The Morgan fingerprint density at radius 3 is 2.52 bits per heavy atom. The van der Waals surface area contributed by atoms with Crippen LogP contribution in [0.15, 0.2) is 54.6 Å². The number of carbonyl (C=O) groups excluding carboxylic acids is 1. The molecule has 0 spiro atoms. The number of benzene rings is 2. The third-order valence-corrected chi connectivity index (χ3v) is 5.15. The van der Waals surface area contributed by atoms with Crippen LogP contribution in [0.4, 0.5) is 0 Å². The smallest absolute Gasteiger partial charge is 0.227 e. The van der Waals surface area contributed by atoms with Crippen LogP contribution >= 0.6 is 0 Å². The van der Waals surface area contributed by atoms with Crippen molar-refractivity contribution in [3.8, 4) is 5.75 Å². The Labute approximate surface area is 136 Å². The van der Waals surface area contributed by atoms with Gasteiger partial charge in [-0.25, -0.2) is 0 Å². The van der Waals surface area contributed by atoms with Crippen molar-refractivity contribution in [2.75, 3.05) is 6.61 Å². The quantitative estimate of drug-likeness (QED) is 0.943. The molecule has 0 radical (unpaired) electrons. The number of hydrogen-bond donors (Lipinski definition) is 1. The molecular formula is C20H21NO2. The summed E-state index contributed by atoms with van der Waals surface area (Å²) in [6, 6.07) is 18.3. The van der Waals surface area contributed by atoms with Gasteiger partial charge in [-0.3, -0.25) is 4.79 Å². The molecule has 1 aliphatic carbocycles. The summed E-state index contributed by atoms with van der Waals surface area (Å²) >= 11 is 0. The normalized spacial score (nSPS) is 21.5. The summed E-state index contributed by atoms with van der Waals surface area (Å²) in [5.74, 6) is 0.923. The molecular weight excluding hydrogens is 286 g/mol. The Morgan fingerprint density at radius 2 is 1.78 bits per heavy atom. The van der Waals surface area contributed by atoms with Crippen molar-refractivity contribution in [2.45, 2.75) is 31.2 Å². The number of amides is 1. The zero-order chi connectivity index (χ0) is 15.7. The van der Waals surface area contributed by atoms with Crippen LogP contribution in [0.1, 0.15) is 30.4 Å². The van der Waals surface area contributed by atoms with Crippen LogP contribution in [0.25, 0.3) is 0 Å². The molecule has 0 saturated heterocycles. The fraction of sp³-hybridized carbons (Fsp3) is 0.350. The van der Waals surface area contributed by atoms with E-state index >= 15 is 0 Å². The SMILES string of the molecule is O=C(NC1(c2ccccc2)CCC1)C1COc2ccccc2C1. The Balaban J connectivity index is 1.50. The van der Waals surface area contributed by atoms with Gasteiger partial charge in [0.25, 0.3) is 0 Å². The third-order valence-electron chi connectivity index (χ3n) is 5.15. The molecule has 4 rings (SSSR count). The maximum Gasteiger partial charge on any atom is 0.227 e. The second-order valence-corrected chi connectivity index (χ2v) is 6.61. The molecule has 1 N–H and O–H groups in total. The molecule has 1 fully saturated rings. The van der Waals surface area contributed by atoms with Gasteiger partial charge in [0, 0.05) is 0 Å². The van der Waals surface area contributed by atoms with E-state index in [1.54, 1.807) is 0 Å². The first kappa shape index (κ1) is 14.3. The minimum Gasteiger partial charge on any atom is -0.492 e. The van der Waals surface area contributed by atoms with Crippen molar-refractivity contribution < 1.29 is 9.53 Å². The molecule has 1 atom stereocenters. The summed E-state index contributed by atoms with van der Waals surface area (Å²) in [7, 11) is 0. The number of carbonyl (C=O) groups is 1. The Hall–Kier alpha value is -2.29. The zero-order valence-corrected chi connectivity index (χ0v) is 13.1. The van der Waals surface area contributed by atoms with E-state index in [0.717, 1.165) is 30.6 Å². The molecule has 23 heavy (non-hydrogen) atoms. The fourth-order valence-electron chi connectivity index (χ4n) is 3.61. The van der Waals surface area contributed by atoms with E-state index in [0.29, 0.717) is 6.61 Å². The fourth-order valence-corrected chi connectivity index (χ4v) is 3.61. The molecule has 2 aromatic carbocycles. The molecule has 1 saturated carbocycles. The van der Waals surface area contributed by atoms with Crippen LogP contribution in [0.3, 0.4) is 0 Å². The summed E-state index contributed by atoms with van der Waals surface area (Å²) in [5, 5.41) is 3.33. The Bertz CT molecular complexity index is 707. The zero-order valence-electron chi connectivity index (χ0n) is 13.1. The summed E-state index contributed by atoms with van der Waals surface area (Å²) < 4.78 is 5.77. The maximum atomic E-state index is 12.8. The molecule has 1 unspecified atom stereocenters. The number of nitrogens with one attached hydrogen (secondary N) is 1. The van der Waals surface area contributed by atoms with E-state index < -0.39 is 0 Å². The van der Waals surface area contributed by atoms with Crippen molar-refractivity contribution >= 4 is 5.91 Å². The molecule has 0 aromatic heterocycles. The third kappa shape index (κ3) is 2.61. The van der Waals surface area contributed by atoms with Crippen LogP contribution in [-0.2, 0) is 16.8 Å². The second-order valence-electron chi connectivity index (χ2n) is 6.61. The molecule has 0 bridgehead atoms. The highest BCUT2D eigenvalue weighted by atomic mass is 16.5. The van der Waals surface area contributed by atoms with Crippen molar-refractivity contribution in [3.05, 3.63) is 65.7 Å². The van der Waals surface area contributed by atoms with Gasteiger partial charge >= 0.3 is 0 Å². The van der Waals surface area contributed by atoms with Gasteiger partial charge in [0.1, 0.15) is 12.4 Å². The van der Waals surface area contributed by atoms with Gasteiger partial charge in [-0.1, -0.05) is 48.5 Å². The monoisotopic (exact) mass is 307 g/mol. The first-order valence-corrected chi connectivity index (χ1v) is 8.35. The van der Waals surface area contributed by atoms with Gasteiger partial charge in [-0.15, -0.1) is 0 Å². The molecule has 118 valence electrons. The number of rotatable bonds is 3. The lowest BCUT2D eigenvalue weighted by Gasteiger charge is -2.44. The molecule has 3 heteroatoms. The standard InChI is InChI=1S/C20H21NO2/c22-19(16-13-15-7-4-5-10-18(15)23-14-16)21-20(11-6-12-20)17-8-2-1-3-9-17/h1-5,7-10,16H,6,11-14H2,(H,21,22). The van der Waals surface area contributed by atoms with E-state index in [-0.39, 0.29) is 17.4 Å². The highest BCUT2D eigenvalue weighted by molar-refractivity contribution is 5.80. The average molecular weight is 307 g/mol. The van der Waals surface area contributed by atoms with Crippen LogP contribution in [0, 0.1) is 5.92 Å². The summed E-state index contributed by atoms with van der Waals surface area (Å²) in [6.07, 6.45) is 3.96. The minimum atomic E-state index is -0.171. The number of para-hydroxylation sites is 1. The topological polar surface area (TPSA) is 38.3 Å². The maximum absolute atomic E-state index is 12.8. The first-order chi connectivity index (χ1) is 11.3. The van der Waals surface area contributed by atoms with E-state index in [1.165, 1.54) is 12.0 Å². The molecule has 1 aliphatic heterocycles. The summed E-state index contributed by atoms with van der Waals surface area (Å²) in [5.41, 5.74) is 2.17. The summed E-state index contributed by atoms with van der Waals surface area (Å²) in [6.45, 7) is 0.466. The van der Waals surface area contributed by atoms with E-state index in [9.17, 15) is 4.79 Å². The predicted molar refractivity (Wildman–Crippen MR) is 89.2 cm³/mol. The molecule has 2 aromatic rings. The lowest BCUT2D eigenvalue weighted by Crippen LogP contribution is -2.53. The summed E-state index contributed by atoms with van der Waals surface area (Å²) in [4.78, 5) is 12.8. The van der Waals surface area contributed by atoms with Crippen LogP contribution in [0.5, 0.6) is 5.75 Å². The van der Waals surface area contributed by atoms with Crippen molar-refractivity contribution in [2.24, 2.45) is 5.92 Å². The van der Waals surface area contributed by atoms with E-state index in [4.69, 9.17) is 4.74 Å². The van der Waals surface area contributed by atoms with Crippen molar-refractivity contribution in [1.29, 1.82) is 0 Å². The number of ether oxygens (including phenoxy) is 1. The minimum absolute atomic E-state index is 0.105. The highest BCUT2D eigenvalue weighted by Gasteiger charge is 2.41. The second kappa shape index (κ2) is 5.73. The van der Waals surface area contributed by atoms with Crippen LogP contribution in [0.2, 0.25) is 0 Å². The largest absolute Gasteiger partial charge is 0.492 e. The molecule has 2 aliphatic rings. The number of hydrogen-bond acceptors (Lipinski definition) is 2. The van der Waals surface area contributed by atoms with Gasteiger partial charge in [0.05, 0.1) is 11.5 Å². The van der Waals surface area contributed by atoms with E-state index in [2.05, 4.69) is 17.4 Å². The van der Waals surface area contributed by atoms with Gasteiger partial charge in [-0.05, 0) is 42.9 Å². The van der Waals surface area contributed by atoms with Crippen molar-refractivity contribution in [1.82, 2.24) is 5.32 Å². The number of fused-ring (bicyclic) bond motifs is 1. The van der Waals surface area contributed by atoms with Crippen LogP contribution < -0.4 is 10.1 Å². The molecule has 1 amide bonds. The average Bonchev–Trinajstić information content (AvgIpc) is 2.58. The van der Waals surface area contributed by atoms with Crippen molar-refractivity contribution in [3.63, 3.8) is 0 Å². The predicted octanol–water partition coefficient (Wildman–Crippen LogP) is 3.43. The van der Waals surface area contributed by atoms with Crippen LogP contribution in [-0.4, -0.2) is 12.5 Å². The lowest BCUT2D eigenvalue weighted by atomic mass is 9.71. The lowest BCUT2D eigenvalue weighted by molar-refractivity contribution is -0.129. The Kier molecular flexibility index (Phi) is 3.56. The van der Waals surface area contributed by atoms with Gasteiger partial charge in [-0.2, -0.15) is 0 Å². The van der Waals surface area contributed by atoms with Gasteiger partial charge in [0.15, 0.2) is 0 Å². The molecule has 3 nitrogen and oxygen atoms in total. The highest BCUT2D eigenvalue weighted by Crippen LogP contribution is 2.41. The molecule has 1 heterocycles.